The van der Waals surface area contributed by atoms with Gasteiger partial charge in [0.05, 0.1) is 12.6 Å². The first-order chi connectivity index (χ1) is 8.57. The van der Waals surface area contributed by atoms with Crippen LogP contribution < -0.4 is 5.32 Å². The van der Waals surface area contributed by atoms with Gasteiger partial charge in [-0.1, -0.05) is 13.8 Å². The Hall–Kier alpha value is -0.840. The van der Waals surface area contributed by atoms with Gasteiger partial charge in [0.25, 0.3) is 0 Å². The molecule has 4 nitrogen and oxygen atoms in total. The van der Waals surface area contributed by atoms with Crippen LogP contribution in [0.15, 0.2) is 16.5 Å². The predicted octanol–water partition coefficient (Wildman–Crippen LogP) is 2.07. The number of rotatable bonds is 6. The number of furan rings is 1. The molecule has 0 aliphatic heterocycles. The predicted molar refractivity (Wildman–Crippen MR) is 69.1 cm³/mol. The van der Waals surface area contributed by atoms with Crippen molar-refractivity contribution in [2.45, 2.75) is 52.5 Å². The molecule has 1 heterocycles. The molecule has 2 rings (SSSR count). The van der Waals surface area contributed by atoms with Crippen LogP contribution >= 0.6 is 0 Å². The molecule has 0 bridgehead atoms. The summed E-state index contributed by atoms with van der Waals surface area (Å²) in [6, 6.07) is 4.17. The lowest BCUT2D eigenvalue weighted by molar-refractivity contribution is -0.114. The second kappa shape index (κ2) is 5.43. The Morgan fingerprint density at radius 1 is 1.44 bits per heavy atom. The second-order valence-corrected chi connectivity index (χ2v) is 5.46. The maximum Gasteiger partial charge on any atom is 0.129 e. The minimum absolute atomic E-state index is 0.0403. The zero-order chi connectivity index (χ0) is 13.2. The normalized spacial score (nSPS) is 26.0. The molecule has 102 valence electrons. The average molecular weight is 253 g/mol. The molecule has 18 heavy (non-hydrogen) atoms. The van der Waals surface area contributed by atoms with Crippen molar-refractivity contribution in [2.24, 2.45) is 5.41 Å². The van der Waals surface area contributed by atoms with E-state index < -0.39 is 0 Å². The van der Waals surface area contributed by atoms with Gasteiger partial charge in [0, 0.05) is 18.1 Å². The van der Waals surface area contributed by atoms with E-state index in [2.05, 4.69) is 19.2 Å². The van der Waals surface area contributed by atoms with Gasteiger partial charge in [0.15, 0.2) is 0 Å². The molecule has 0 saturated heterocycles. The first kappa shape index (κ1) is 13.6. The quantitative estimate of drug-likeness (QED) is 0.815. The molecule has 2 atom stereocenters. The zero-order valence-corrected chi connectivity index (χ0v) is 11.4. The van der Waals surface area contributed by atoms with Crippen LogP contribution in [0.5, 0.6) is 0 Å². The molecule has 0 aromatic carbocycles. The highest BCUT2D eigenvalue weighted by molar-refractivity contribution is 5.08. The molecule has 1 saturated carbocycles. The van der Waals surface area contributed by atoms with Crippen LogP contribution in [0.1, 0.15) is 38.7 Å². The van der Waals surface area contributed by atoms with E-state index >= 15 is 0 Å². The molecule has 2 unspecified atom stereocenters. The van der Waals surface area contributed by atoms with E-state index in [1.807, 2.05) is 19.1 Å². The van der Waals surface area contributed by atoms with Crippen molar-refractivity contribution < 1.29 is 14.3 Å². The SMILES string of the molecule is CCOC1CC(NCc2ccc(CO)o2)C1(C)C. The van der Waals surface area contributed by atoms with Gasteiger partial charge in [0.1, 0.15) is 18.1 Å². The molecule has 0 spiro atoms. The number of hydrogen-bond acceptors (Lipinski definition) is 4. The highest BCUT2D eigenvalue weighted by atomic mass is 16.5. The smallest absolute Gasteiger partial charge is 0.129 e. The summed E-state index contributed by atoms with van der Waals surface area (Å²) >= 11 is 0. The lowest BCUT2D eigenvalue weighted by Gasteiger charge is -2.51. The van der Waals surface area contributed by atoms with Gasteiger partial charge in [-0.3, -0.25) is 0 Å². The monoisotopic (exact) mass is 253 g/mol. The van der Waals surface area contributed by atoms with Crippen LogP contribution in [0.4, 0.5) is 0 Å². The molecular formula is C14H23NO3. The molecule has 1 aromatic rings. The van der Waals surface area contributed by atoms with Gasteiger partial charge in [-0.05, 0) is 25.5 Å². The first-order valence-electron chi connectivity index (χ1n) is 6.61. The van der Waals surface area contributed by atoms with Crippen molar-refractivity contribution in [3.63, 3.8) is 0 Å². The van der Waals surface area contributed by atoms with Gasteiger partial charge in [-0.25, -0.2) is 0 Å². The Balaban J connectivity index is 1.81. The van der Waals surface area contributed by atoms with Crippen molar-refractivity contribution in [2.75, 3.05) is 6.61 Å². The molecule has 4 heteroatoms. The second-order valence-electron chi connectivity index (χ2n) is 5.46. The number of aliphatic hydroxyl groups is 1. The summed E-state index contributed by atoms with van der Waals surface area (Å²) in [6.07, 6.45) is 1.40. The Morgan fingerprint density at radius 2 is 2.17 bits per heavy atom. The third-order valence-electron chi connectivity index (χ3n) is 3.94. The van der Waals surface area contributed by atoms with Crippen molar-refractivity contribution in [1.82, 2.24) is 5.32 Å². The zero-order valence-electron chi connectivity index (χ0n) is 11.4. The molecule has 2 N–H and O–H groups in total. The Morgan fingerprint density at radius 3 is 2.72 bits per heavy atom. The fourth-order valence-electron chi connectivity index (χ4n) is 2.54. The van der Waals surface area contributed by atoms with Crippen molar-refractivity contribution >= 4 is 0 Å². The number of aliphatic hydroxyl groups excluding tert-OH is 1. The number of hydrogen-bond donors (Lipinski definition) is 2. The van der Waals surface area contributed by atoms with Crippen LogP contribution in [-0.4, -0.2) is 23.9 Å². The van der Waals surface area contributed by atoms with Gasteiger partial charge >= 0.3 is 0 Å². The van der Waals surface area contributed by atoms with E-state index in [0.717, 1.165) is 18.8 Å². The summed E-state index contributed by atoms with van der Waals surface area (Å²) < 4.78 is 11.2. The average Bonchev–Trinajstić information content (AvgIpc) is 2.80. The van der Waals surface area contributed by atoms with E-state index in [4.69, 9.17) is 14.3 Å². The van der Waals surface area contributed by atoms with E-state index in [1.165, 1.54) is 0 Å². The highest BCUT2D eigenvalue weighted by Crippen LogP contribution is 2.42. The fraction of sp³-hybridized carbons (Fsp3) is 0.714. The van der Waals surface area contributed by atoms with Crippen molar-refractivity contribution in [1.29, 1.82) is 0 Å². The molecular weight excluding hydrogens is 230 g/mol. The van der Waals surface area contributed by atoms with Crippen molar-refractivity contribution in [3.05, 3.63) is 23.7 Å². The lowest BCUT2D eigenvalue weighted by Crippen LogP contribution is -2.60. The summed E-state index contributed by atoms with van der Waals surface area (Å²) in [5, 5.41) is 12.4. The summed E-state index contributed by atoms with van der Waals surface area (Å²) in [5.74, 6) is 1.49. The molecule has 1 aliphatic rings. The molecule has 0 radical (unpaired) electrons. The van der Waals surface area contributed by atoms with Gasteiger partial charge < -0.3 is 19.6 Å². The molecule has 1 aliphatic carbocycles. The summed E-state index contributed by atoms with van der Waals surface area (Å²) in [6.45, 7) is 7.94. The van der Waals surface area contributed by atoms with Crippen LogP contribution in [0.2, 0.25) is 0 Å². The minimum atomic E-state index is -0.0403. The van der Waals surface area contributed by atoms with Crippen LogP contribution in [0.3, 0.4) is 0 Å². The first-order valence-corrected chi connectivity index (χ1v) is 6.61. The molecule has 1 fully saturated rings. The van der Waals surface area contributed by atoms with E-state index in [9.17, 15) is 0 Å². The third-order valence-corrected chi connectivity index (χ3v) is 3.94. The summed E-state index contributed by atoms with van der Waals surface area (Å²) in [5.41, 5.74) is 0.169. The van der Waals surface area contributed by atoms with Gasteiger partial charge in [-0.15, -0.1) is 0 Å². The highest BCUT2D eigenvalue weighted by Gasteiger charge is 2.48. The van der Waals surface area contributed by atoms with E-state index in [-0.39, 0.29) is 12.0 Å². The third kappa shape index (κ3) is 2.60. The van der Waals surface area contributed by atoms with E-state index in [1.54, 1.807) is 0 Å². The summed E-state index contributed by atoms with van der Waals surface area (Å²) in [4.78, 5) is 0. The van der Waals surface area contributed by atoms with Crippen LogP contribution in [-0.2, 0) is 17.9 Å². The standard InChI is InChI=1S/C14H23NO3/c1-4-17-13-7-12(14(13,2)3)15-8-10-5-6-11(9-16)18-10/h5-6,12-13,15-16H,4,7-9H2,1-3H3. The lowest BCUT2D eigenvalue weighted by atomic mass is 9.64. The minimum Gasteiger partial charge on any atom is -0.462 e. The maximum absolute atomic E-state index is 8.93. The fourth-order valence-corrected chi connectivity index (χ4v) is 2.54. The van der Waals surface area contributed by atoms with Gasteiger partial charge in [0.2, 0.25) is 0 Å². The van der Waals surface area contributed by atoms with E-state index in [0.29, 0.717) is 24.5 Å². The van der Waals surface area contributed by atoms with Crippen molar-refractivity contribution in [3.8, 4) is 0 Å². The maximum atomic E-state index is 8.93. The summed E-state index contributed by atoms with van der Waals surface area (Å²) in [7, 11) is 0. The Labute approximate surface area is 108 Å². The number of nitrogens with one attached hydrogen (secondary N) is 1. The Bertz CT molecular complexity index is 386. The Kier molecular flexibility index (Phi) is 4.10. The topological polar surface area (TPSA) is 54.6 Å². The van der Waals surface area contributed by atoms with Crippen LogP contribution in [0, 0.1) is 5.41 Å². The van der Waals surface area contributed by atoms with Gasteiger partial charge in [-0.2, -0.15) is 0 Å². The number of ether oxygens (including phenoxy) is 1. The molecule has 0 amide bonds. The van der Waals surface area contributed by atoms with Crippen LogP contribution in [0.25, 0.3) is 0 Å². The largest absolute Gasteiger partial charge is 0.462 e. The molecule has 1 aromatic heterocycles.